The largest absolute Gasteiger partial charge is 0.396 e. The molecule has 0 unspecified atom stereocenters. The molecule has 0 aliphatic rings. The fourth-order valence-electron chi connectivity index (χ4n) is 1.08. The van der Waals surface area contributed by atoms with Gasteiger partial charge in [-0.05, 0) is 28.1 Å². The quantitative estimate of drug-likeness (QED) is 0.769. The number of para-hydroxylation sites is 1. The predicted molar refractivity (Wildman–Crippen MR) is 53.5 cm³/mol. The van der Waals surface area contributed by atoms with Crippen LogP contribution in [0.3, 0.4) is 0 Å². The van der Waals surface area contributed by atoms with Crippen LogP contribution in [0.2, 0.25) is 0 Å². The third-order valence-corrected chi connectivity index (χ3v) is 2.42. The first-order valence-corrected chi connectivity index (χ1v) is 4.47. The molecule has 0 aliphatic heterocycles. The molecule has 0 fully saturated rings. The van der Waals surface area contributed by atoms with Crippen LogP contribution >= 0.6 is 15.9 Å². The zero-order valence-electron chi connectivity index (χ0n) is 6.68. The van der Waals surface area contributed by atoms with E-state index in [1.165, 1.54) is 0 Å². The summed E-state index contributed by atoms with van der Waals surface area (Å²) in [6.07, 6.45) is 3.22. The Labute approximate surface area is 83.5 Å². The lowest BCUT2D eigenvalue weighted by Crippen LogP contribution is -1.97. The molecule has 0 atom stereocenters. The first kappa shape index (κ1) is 8.25. The monoisotopic (exact) mass is 238 g/mol. The number of nitrogens with zero attached hydrogens (tertiary/aromatic N) is 3. The number of benzene rings is 1. The van der Waals surface area contributed by atoms with Gasteiger partial charge < -0.3 is 5.73 Å². The number of hydrogen-bond donors (Lipinski definition) is 1. The second-order valence-electron chi connectivity index (χ2n) is 2.54. The number of rotatable bonds is 1. The van der Waals surface area contributed by atoms with Gasteiger partial charge in [-0.1, -0.05) is 6.07 Å². The molecule has 0 spiro atoms. The maximum atomic E-state index is 5.85. The summed E-state index contributed by atoms with van der Waals surface area (Å²) in [5, 5.41) is 7.42. The van der Waals surface area contributed by atoms with E-state index in [-0.39, 0.29) is 0 Å². The van der Waals surface area contributed by atoms with Crippen LogP contribution in [0, 0.1) is 0 Å². The Kier molecular flexibility index (Phi) is 2.02. The van der Waals surface area contributed by atoms with Crippen molar-refractivity contribution in [3.8, 4) is 5.69 Å². The molecule has 4 nitrogen and oxygen atoms in total. The number of nitrogens with two attached hydrogens (primary N) is 1. The smallest absolute Gasteiger partial charge is 0.123 e. The average molecular weight is 239 g/mol. The van der Waals surface area contributed by atoms with Gasteiger partial charge in [0.1, 0.15) is 12.7 Å². The van der Waals surface area contributed by atoms with E-state index in [0.717, 1.165) is 10.2 Å². The molecule has 0 amide bonds. The molecular formula is C8H7BrN4. The molecule has 0 saturated heterocycles. The van der Waals surface area contributed by atoms with Gasteiger partial charge in [0.15, 0.2) is 0 Å². The lowest BCUT2D eigenvalue weighted by Gasteiger charge is -2.06. The molecule has 2 rings (SSSR count). The average Bonchev–Trinajstić information content (AvgIpc) is 2.62. The van der Waals surface area contributed by atoms with Crippen LogP contribution in [0.5, 0.6) is 0 Å². The van der Waals surface area contributed by atoms with Crippen molar-refractivity contribution in [2.24, 2.45) is 0 Å². The first-order valence-electron chi connectivity index (χ1n) is 3.68. The van der Waals surface area contributed by atoms with Crippen LogP contribution in [-0.4, -0.2) is 14.8 Å². The van der Waals surface area contributed by atoms with E-state index in [0.29, 0.717) is 5.69 Å². The Morgan fingerprint density at radius 1 is 1.23 bits per heavy atom. The van der Waals surface area contributed by atoms with Crippen molar-refractivity contribution < 1.29 is 0 Å². The summed E-state index contributed by atoms with van der Waals surface area (Å²) in [6, 6.07) is 5.71. The summed E-state index contributed by atoms with van der Waals surface area (Å²) < 4.78 is 2.64. The Hall–Kier alpha value is -1.36. The highest BCUT2D eigenvalue weighted by Crippen LogP contribution is 2.25. The molecule has 0 bridgehead atoms. The highest BCUT2D eigenvalue weighted by atomic mass is 79.9. The van der Waals surface area contributed by atoms with Gasteiger partial charge in [-0.15, -0.1) is 10.2 Å². The number of nitrogen functional groups attached to an aromatic ring is 1. The van der Waals surface area contributed by atoms with Gasteiger partial charge in [0.2, 0.25) is 0 Å². The number of hydrogen-bond acceptors (Lipinski definition) is 3. The lowest BCUT2D eigenvalue weighted by atomic mass is 10.3. The fraction of sp³-hybridized carbons (Fsp3) is 0. The SMILES string of the molecule is Nc1c(Br)cccc1-n1cnnc1. The zero-order chi connectivity index (χ0) is 9.26. The third kappa shape index (κ3) is 1.42. The molecule has 0 radical (unpaired) electrons. The number of halogens is 1. The first-order chi connectivity index (χ1) is 6.29. The third-order valence-electron chi connectivity index (χ3n) is 1.73. The Bertz CT molecular complexity index is 410. The van der Waals surface area contributed by atoms with Gasteiger partial charge in [0.05, 0.1) is 11.4 Å². The highest BCUT2D eigenvalue weighted by Gasteiger charge is 2.03. The van der Waals surface area contributed by atoms with Crippen LogP contribution in [0.25, 0.3) is 5.69 Å². The van der Waals surface area contributed by atoms with Gasteiger partial charge in [-0.2, -0.15) is 0 Å². The predicted octanol–water partition coefficient (Wildman–Crippen LogP) is 1.61. The van der Waals surface area contributed by atoms with Gasteiger partial charge in [0, 0.05) is 4.47 Å². The van der Waals surface area contributed by atoms with Crippen molar-refractivity contribution in [3.63, 3.8) is 0 Å². The molecule has 66 valence electrons. The fourth-order valence-corrected chi connectivity index (χ4v) is 1.43. The van der Waals surface area contributed by atoms with E-state index in [9.17, 15) is 0 Å². The Balaban J connectivity index is 2.59. The molecular weight excluding hydrogens is 232 g/mol. The Morgan fingerprint density at radius 3 is 2.62 bits per heavy atom. The van der Waals surface area contributed by atoms with Crippen molar-refractivity contribution in [1.29, 1.82) is 0 Å². The number of aromatic nitrogens is 3. The molecule has 1 aromatic heterocycles. The van der Waals surface area contributed by atoms with Gasteiger partial charge >= 0.3 is 0 Å². The normalized spacial score (nSPS) is 10.2. The van der Waals surface area contributed by atoms with Crippen molar-refractivity contribution in [2.75, 3.05) is 5.73 Å². The van der Waals surface area contributed by atoms with Crippen molar-refractivity contribution in [1.82, 2.24) is 14.8 Å². The van der Waals surface area contributed by atoms with Crippen LogP contribution in [0.4, 0.5) is 5.69 Å². The van der Waals surface area contributed by atoms with Crippen LogP contribution in [-0.2, 0) is 0 Å². The van der Waals surface area contributed by atoms with Crippen molar-refractivity contribution >= 4 is 21.6 Å². The van der Waals surface area contributed by atoms with Gasteiger partial charge in [0.25, 0.3) is 0 Å². The van der Waals surface area contributed by atoms with E-state index < -0.39 is 0 Å². The van der Waals surface area contributed by atoms with E-state index in [2.05, 4.69) is 26.1 Å². The molecule has 0 aliphatic carbocycles. The Morgan fingerprint density at radius 2 is 1.92 bits per heavy atom. The second kappa shape index (κ2) is 3.18. The molecule has 5 heteroatoms. The van der Waals surface area contributed by atoms with E-state index in [4.69, 9.17) is 5.73 Å². The molecule has 1 aromatic carbocycles. The van der Waals surface area contributed by atoms with Crippen LogP contribution < -0.4 is 5.73 Å². The van der Waals surface area contributed by atoms with Gasteiger partial charge in [-0.25, -0.2) is 0 Å². The summed E-state index contributed by atoms with van der Waals surface area (Å²) in [4.78, 5) is 0. The lowest BCUT2D eigenvalue weighted by molar-refractivity contribution is 1.06. The van der Waals surface area contributed by atoms with Crippen LogP contribution in [0.15, 0.2) is 35.3 Å². The van der Waals surface area contributed by atoms with Crippen molar-refractivity contribution in [2.45, 2.75) is 0 Å². The summed E-state index contributed by atoms with van der Waals surface area (Å²) >= 11 is 3.35. The highest BCUT2D eigenvalue weighted by molar-refractivity contribution is 9.10. The molecule has 2 N–H and O–H groups in total. The van der Waals surface area contributed by atoms with Crippen molar-refractivity contribution in [3.05, 3.63) is 35.3 Å². The van der Waals surface area contributed by atoms with Gasteiger partial charge in [-0.3, -0.25) is 4.57 Å². The standard InChI is InChI=1S/C8H7BrN4/c9-6-2-1-3-7(8(6)10)13-4-11-12-5-13/h1-5H,10H2. The van der Waals surface area contributed by atoms with E-state index in [1.807, 2.05) is 18.2 Å². The minimum atomic E-state index is 0.683. The van der Waals surface area contributed by atoms with E-state index >= 15 is 0 Å². The summed E-state index contributed by atoms with van der Waals surface area (Å²) in [5.74, 6) is 0. The topological polar surface area (TPSA) is 56.7 Å². The molecule has 2 aromatic rings. The molecule has 0 saturated carbocycles. The maximum absolute atomic E-state index is 5.85. The second-order valence-corrected chi connectivity index (χ2v) is 3.40. The molecule has 13 heavy (non-hydrogen) atoms. The summed E-state index contributed by atoms with van der Waals surface area (Å²) in [7, 11) is 0. The summed E-state index contributed by atoms with van der Waals surface area (Å²) in [6.45, 7) is 0. The minimum Gasteiger partial charge on any atom is -0.396 e. The van der Waals surface area contributed by atoms with E-state index in [1.54, 1.807) is 17.2 Å². The van der Waals surface area contributed by atoms with Crippen LogP contribution in [0.1, 0.15) is 0 Å². The molecule has 1 heterocycles. The zero-order valence-corrected chi connectivity index (χ0v) is 8.27. The number of anilines is 1. The maximum Gasteiger partial charge on any atom is 0.123 e. The summed E-state index contributed by atoms with van der Waals surface area (Å²) in [5.41, 5.74) is 7.41. The minimum absolute atomic E-state index is 0.683.